The van der Waals surface area contributed by atoms with Gasteiger partial charge in [0.05, 0.1) is 0 Å². The van der Waals surface area contributed by atoms with Crippen molar-refractivity contribution >= 4 is 11.9 Å². The number of ether oxygens (including phenoxy) is 1. The molecule has 0 amide bonds. The summed E-state index contributed by atoms with van der Waals surface area (Å²) in [7, 11) is 1.69. The van der Waals surface area contributed by atoms with E-state index < -0.39 is 11.9 Å². The minimum atomic E-state index is -4.48. The molecule has 2 rings (SSSR count). The van der Waals surface area contributed by atoms with E-state index >= 15 is 0 Å². The van der Waals surface area contributed by atoms with Gasteiger partial charge in [-0.05, 0) is 37.7 Å². The minimum absolute atomic E-state index is 0.0506. The number of aliphatic imine (C=N–C) groups is 1. The predicted octanol–water partition coefficient (Wildman–Crippen LogP) is 3.06. The first kappa shape index (κ1) is 23.2. The highest BCUT2D eigenvalue weighted by Crippen LogP contribution is 2.40. The molecular formula is C19H31F3N6O. The van der Waals surface area contributed by atoms with Gasteiger partial charge in [0.15, 0.2) is 5.96 Å². The predicted molar refractivity (Wildman–Crippen MR) is 107 cm³/mol. The average molecular weight is 416 g/mol. The third-order valence-electron chi connectivity index (χ3n) is 5.15. The van der Waals surface area contributed by atoms with Crippen LogP contribution >= 0.6 is 0 Å². The summed E-state index contributed by atoms with van der Waals surface area (Å²) in [6.45, 7) is 5.15. The molecule has 0 unspecified atom stereocenters. The third kappa shape index (κ3) is 7.68. The molecule has 7 nitrogen and oxygen atoms in total. The summed E-state index contributed by atoms with van der Waals surface area (Å²) in [5, 5.41) is 9.33. The Hall–Kier alpha value is -2.10. The average Bonchev–Trinajstić information content (AvgIpc) is 3.16. The summed E-state index contributed by atoms with van der Waals surface area (Å²) in [4.78, 5) is 11.5. The van der Waals surface area contributed by atoms with Crippen LogP contribution in [0.1, 0.15) is 44.7 Å². The van der Waals surface area contributed by atoms with Crippen molar-refractivity contribution in [3.63, 3.8) is 0 Å². The van der Waals surface area contributed by atoms with E-state index in [1.165, 1.54) is 25.7 Å². The van der Waals surface area contributed by atoms with Crippen molar-refractivity contribution in [1.29, 1.82) is 0 Å². The van der Waals surface area contributed by atoms with Crippen molar-refractivity contribution in [2.75, 3.05) is 45.2 Å². The number of hydrogen-bond donors (Lipinski definition) is 3. The van der Waals surface area contributed by atoms with Gasteiger partial charge in [-0.1, -0.05) is 12.8 Å². The molecule has 3 N–H and O–H groups in total. The van der Waals surface area contributed by atoms with Crippen molar-refractivity contribution in [1.82, 2.24) is 20.6 Å². The number of halogens is 3. The number of aromatic nitrogens is 2. The smallest absolute Gasteiger partial charge is 0.382 e. The van der Waals surface area contributed by atoms with Crippen LogP contribution in [0.25, 0.3) is 0 Å². The lowest BCUT2D eigenvalue weighted by molar-refractivity contribution is -0.141. The summed E-state index contributed by atoms with van der Waals surface area (Å²) in [5.74, 6) is 0.616. The Morgan fingerprint density at radius 3 is 2.66 bits per heavy atom. The zero-order valence-electron chi connectivity index (χ0n) is 17.1. The SMILES string of the molecule is CCOCCC1(CNC(=NC)NCCNc2nccc(C(F)(F)F)n2)CCCC1. The molecule has 0 saturated heterocycles. The van der Waals surface area contributed by atoms with E-state index in [0.717, 1.165) is 38.4 Å². The number of hydrogen-bond acceptors (Lipinski definition) is 5. The topological polar surface area (TPSA) is 83.5 Å². The molecule has 29 heavy (non-hydrogen) atoms. The van der Waals surface area contributed by atoms with Crippen LogP contribution in [0.5, 0.6) is 0 Å². The number of anilines is 1. The van der Waals surface area contributed by atoms with Gasteiger partial charge in [0.1, 0.15) is 5.69 Å². The Kier molecular flexibility index (Phi) is 8.94. The second kappa shape index (κ2) is 11.2. The highest BCUT2D eigenvalue weighted by Gasteiger charge is 2.34. The lowest BCUT2D eigenvalue weighted by Gasteiger charge is -2.30. The standard InChI is InChI=1S/C19H31F3N6O/c1-3-29-13-9-18(7-4-5-8-18)14-27-16(23-2)25-11-12-26-17-24-10-6-15(28-17)19(20,21)22/h6,10H,3-5,7-9,11-14H2,1-2H3,(H2,23,25,27)(H,24,26,28). The monoisotopic (exact) mass is 416 g/mol. The molecule has 0 aliphatic heterocycles. The van der Waals surface area contributed by atoms with Crippen molar-refractivity contribution in [3.8, 4) is 0 Å². The minimum Gasteiger partial charge on any atom is -0.382 e. The second-order valence-corrected chi connectivity index (χ2v) is 7.20. The Bertz CT molecular complexity index is 647. The molecular weight excluding hydrogens is 385 g/mol. The van der Waals surface area contributed by atoms with Crippen molar-refractivity contribution in [2.24, 2.45) is 10.4 Å². The first-order valence-electron chi connectivity index (χ1n) is 10.0. The summed E-state index contributed by atoms with van der Waals surface area (Å²) in [5.41, 5.74) is -0.731. The molecule has 1 heterocycles. The molecule has 0 atom stereocenters. The van der Waals surface area contributed by atoms with Gasteiger partial charge >= 0.3 is 6.18 Å². The zero-order chi connectivity index (χ0) is 21.2. The van der Waals surface area contributed by atoms with Crippen LogP contribution in [-0.2, 0) is 10.9 Å². The Morgan fingerprint density at radius 1 is 1.24 bits per heavy atom. The number of rotatable bonds is 10. The van der Waals surface area contributed by atoms with Gasteiger partial charge < -0.3 is 20.7 Å². The van der Waals surface area contributed by atoms with Crippen molar-refractivity contribution < 1.29 is 17.9 Å². The van der Waals surface area contributed by atoms with Crippen molar-refractivity contribution in [2.45, 2.75) is 45.2 Å². The molecule has 0 radical (unpaired) electrons. The lowest BCUT2D eigenvalue weighted by atomic mass is 9.83. The van der Waals surface area contributed by atoms with Crippen LogP contribution in [-0.4, -0.2) is 55.8 Å². The molecule has 1 aliphatic carbocycles. The quantitative estimate of drug-likeness (QED) is 0.309. The summed E-state index contributed by atoms with van der Waals surface area (Å²) < 4.78 is 43.6. The lowest BCUT2D eigenvalue weighted by Crippen LogP contribution is -2.44. The molecule has 1 aromatic rings. The van der Waals surface area contributed by atoms with E-state index in [0.29, 0.717) is 19.0 Å². The summed E-state index contributed by atoms with van der Waals surface area (Å²) in [6, 6.07) is 0.847. The fourth-order valence-electron chi connectivity index (χ4n) is 3.52. The number of nitrogens with zero attached hydrogens (tertiary/aromatic N) is 3. The van der Waals surface area contributed by atoms with Crippen LogP contribution < -0.4 is 16.0 Å². The number of alkyl halides is 3. The van der Waals surface area contributed by atoms with Crippen LogP contribution in [0, 0.1) is 5.41 Å². The van der Waals surface area contributed by atoms with E-state index in [1.54, 1.807) is 7.05 Å². The molecule has 0 bridgehead atoms. The largest absolute Gasteiger partial charge is 0.433 e. The molecule has 164 valence electrons. The van der Waals surface area contributed by atoms with E-state index in [-0.39, 0.29) is 11.4 Å². The Morgan fingerprint density at radius 2 is 2.00 bits per heavy atom. The van der Waals surface area contributed by atoms with E-state index in [2.05, 4.69) is 30.9 Å². The van der Waals surface area contributed by atoms with Gasteiger partial charge in [-0.25, -0.2) is 9.97 Å². The maximum absolute atomic E-state index is 12.7. The van der Waals surface area contributed by atoms with Gasteiger partial charge in [0, 0.05) is 46.1 Å². The maximum atomic E-state index is 12.7. The molecule has 0 aromatic carbocycles. The van der Waals surface area contributed by atoms with E-state index in [9.17, 15) is 13.2 Å². The Labute approximate surface area is 169 Å². The normalized spacial score (nSPS) is 16.7. The van der Waals surface area contributed by atoms with Gasteiger partial charge in [0.2, 0.25) is 5.95 Å². The molecule has 1 fully saturated rings. The molecule has 1 aliphatic rings. The number of guanidine groups is 1. The summed E-state index contributed by atoms with van der Waals surface area (Å²) in [6.07, 6.45) is 2.47. The van der Waals surface area contributed by atoms with E-state index in [1.807, 2.05) is 6.92 Å². The van der Waals surface area contributed by atoms with Gasteiger partial charge in [0.25, 0.3) is 0 Å². The third-order valence-corrected chi connectivity index (χ3v) is 5.15. The Balaban J connectivity index is 1.75. The zero-order valence-corrected chi connectivity index (χ0v) is 17.1. The van der Waals surface area contributed by atoms with Gasteiger partial charge in [-0.3, -0.25) is 4.99 Å². The second-order valence-electron chi connectivity index (χ2n) is 7.20. The van der Waals surface area contributed by atoms with Gasteiger partial charge in [-0.15, -0.1) is 0 Å². The maximum Gasteiger partial charge on any atom is 0.433 e. The van der Waals surface area contributed by atoms with Crippen molar-refractivity contribution in [3.05, 3.63) is 18.0 Å². The molecule has 10 heteroatoms. The first-order valence-corrected chi connectivity index (χ1v) is 10.0. The number of nitrogens with one attached hydrogen (secondary N) is 3. The van der Waals surface area contributed by atoms with Gasteiger partial charge in [-0.2, -0.15) is 13.2 Å². The first-order chi connectivity index (χ1) is 13.9. The van der Waals surface area contributed by atoms with Crippen LogP contribution in [0.15, 0.2) is 17.3 Å². The highest BCUT2D eigenvalue weighted by molar-refractivity contribution is 5.79. The highest BCUT2D eigenvalue weighted by atomic mass is 19.4. The van der Waals surface area contributed by atoms with Crippen LogP contribution in [0.3, 0.4) is 0 Å². The molecule has 0 spiro atoms. The van der Waals surface area contributed by atoms with E-state index in [4.69, 9.17) is 4.74 Å². The van der Waals surface area contributed by atoms with Crippen LogP contribution in [0.4, 0.5) is 19.1 Å². The fraction of sp³-hybridized carbons (Fsp3) is 0.737. The molecule has 1 aromatic heterocycles. The fourth-order valence-corrected chi connectivity index (χ4v) is 3.52. The summed E-state index contributed by atoms with van der Waals surface area (Å²) >= 11 is 0. The van der Waals surface area contributed by atoms with Crippen LogP contribution in [0.2, 0.25) is 0 Å². The molecule has 1 saturated carbocycles.